The van der Waals surface area contributed by atoms with Crippen molar-refractivity contribution < 1.29 is 17.0 Å². The summed E-state index contributed by atoms with van der Waals surface area (Å²) in [5.74, 6) is 1.20. The van der Waals surface area contributed by atoms with E-state index in [4.69, 9.17) is 5.73 Å². The molecule has 82 valence electrons. The Morgan fingerprint density at radius 1 is 1.36 bits per heavy atom. The zero-order chi connectivity index (χ0) is 10.0. The van der Waals surface area contributed by atoms with Gasteiger partial charge in [-0.1, -0.05) is 0 Å². The summed E-state index contributed by atoms with van der Waals surface area (Å²) in [6.45, 7) is 9.28. The van der Waals surface area contributed by atoms with E-state index in [0.29, 0.717) is 18.6 Å². The first-order valence-electron chi connectivity index (χ1n) is 4.88. The van der Waals surface area contributed by atoms with E-state index < -0.39 is 0 Å². The van der Waals surface area contributed by atoms with Gasteiger partial charge in [0.2, 0.25) is 0 Å². The van der Waals surface area contributed by atoms with Crippen molar-refractivity contribution in [2.45, 2.75) is 46.3 Å². The minimum absolute atomic E-state index is 0. The van der Waals surface area contributed by atoms with Gasteiger partial charge in [0.1, 0.15) is 12.4 Å². The van der Waals surface area contributed by atoms with Crippen molar-refractivity contribution in [1.29, 1.82) is 0 Å². The molecule has 0 aromatic carbocycles. The van der Waals surface area contributed by atoms with Gasteiger partial charge in [-0.3, -0.25) is 0 Å². The largest absolute Gasteiger partial charge is 1.00 e. The Hall–Kier alpha value is -0.540. The molecule has 14 heavy (non-hydrogen) atoms. The highest BCUT2D eigenvalue weighted by Gasteiger charge is 2.19. The van der Waals surface area contributed by atoms with E-state index in [1.54, 1.807) is 0 Å². The van der Waals surface area contributed by atoms with Gasteiger partial charge in [-0.15, -0.1) is 0 Å². The molecule has 0 spiro atoms. The first kappa shape index (κ1) is 13.5. The van der Waals surface area contributed by atoms with E-state index in [-0.39, 0.29) is 12.4 Å². The van der Waals surface area contributed by atoms with Crippen LogP contribution in [0.25, 0.3) is 0 Å². The molecule has 1 rings (SSSR count). The highest BCUT2D eigenvalue weighted by Crippen LogP contribution is 2.08. The molecule has 2 N–H and O–H groups in total. The maximum absolute atomic E-state index is 5.73. The third kappa shape index (κ3) is 2.49. The number of nitrogens with two attached hydrogens (primary N) is 1. The molecule has 1 aromatic heterocycles. The minimum atomic E-state index is 0. The van der Waals surface area contributed by atoms with Gasteiger partial charge in [0.25, 0.3) is 5.82 Å². The van der Waals surface area contributed by atoms with E-state index in [0.717, 1.165) is 0 Å². The molecule has 1 aromatic rings. The minimum Gasteiger partial charge on any atom is -1.00 e. The Morgan fingerprint density at radius 2 is 1.93 bits per heavy atom. The summed E-state index contributed by atoms with van der Waals surface area (Å²) in [4.78, 5) is 0. The van der Waals surface area contributed by atoms with Crippen LogP contribution < -0.4 is 22.7 Å². The van der Waals surface area contributed by atoms with Gasteiger partial charge in [0.15, 0.2) is 0 Å². The molecule has 3 nitrogen and oxygen atoms in total. The van der Waals surface area contributed by atoms with Crippen LogP contribution in [0.2, 0.25) is 0 Å². The Labute approximate surface area is 92.3 Å². The van der Waals surface area contributed by atoms with Crippen molar-refractivity contribution in [3.8, 4) is 0 Å². The molecule has 0 aliphatic heterocycles. The van der Waals surface area contributed by atoms with Crippen LogP contribution in [0.15, 0.2) is 12.4 Å². The van der Waals surface area contributed by atoms with Crippen LogP contribution in [-0.2, 0) is 6.54 Å². The molecule has 4 heteroatoms. The zero-order valence-electron chi connectivity index (χ0n) is 9.37. The second kappa shape index (κ2) is 5.37. The predicted octanol–water partition coefficient (Wildman–Crippen LogP) is -1.60. The summed E-state index contributed by atoms with van der Waals surface area (Å²) < 4.78 is 4.44. The smallest absolute Gasteiger partial charge is 0.270 e. The lowest BCUT2D eigenvalue weighted by Crippen LogP contribution is -3.00. The fourth-order valence-electron chi connectivity index (χ4n) is 1.60. The van der Waals surface area contributed by atoms with E-state index in [9.17, 15) is 0 Å². The maximum Gasteiger partial charge on any atom is 0.270 e. The normalized spacial score (nSPS) is 10.8. The van der Waals surface area contributed by atoms with Gasteiger partial charge < -0.3 is 18.1 Å². The number of imidazole rings is 1. The van der Waals surface area contributed by atoms with Crippen LogP contribution in [0, 0.1) is 0 Å². The summed E-state index contributed by atoms with van der Waals surface area (Å²) in [5, 5.41) is 0. The monoisotopic (exact) mass is 217 g/mol. The number of nitrogens with zero attached hydrogens (tertiary/aromatic N) is 2. The Balaban J connectivity index is 0.00000169. The average Bonchev–Trinajstić information content (AvgIpc) is 2.46. The molecule has 0 amide bonds. The third-order valence-corrected chi connectivity index (χ3v) is 2.28. The van der Waals surface area contributed by atoms with Crippen molar-refractivity contribution in [1.82, 2.24) is 4.57 Å². The average molecular weight is 218 g/mol. The van der Waals surface area contributed by atoms with Gasteiger partial charge in [-0.05, 0) is 27.7 Å². The van der Waals surface area contributed by atoms with Gasteiger partial charge >= 0.3 is 0 Å². The van der Waals surface area contributed by atoms with Gasteiger partial charge in [0.05, 0.1) is 18.6 Å². The van der Waals surface area contributed by atoms with Crippen molar-refractivity contribution in [3.63, 3.8) is 0 Å². The molecule has 0 unspecified atom stereocenters. The van der Waals surface area contributed by atoms with E-state index in [1.807, 2.05) is 0 Å². The molecule has 0 atom stereocenters. The molecule has 0 fully saturated rings. The van der Waals surface area contributed by atoms with Crippen LogP contribution >= 0.6 is 0 Å². The summed E-state index contributed by atoms with van der Waals surface area (Å²) in [6, 6.07) is 0.970. The lowest BCUT2D eigenvalue weighted by molar-refractivity contribution is -0.722. The van der Waals surface area contributed by atoms with Crippen molar-refractivity contribution in [3.05, 3.63) is 18.2 Å². The topological polar surface area (TPSA) is 34.8 Å². The molecule has 0 saturated carbocycles. The molecular formula is C10H20ClN3. The van der Waals surface area contributed by atoms with Crippen molar-refractivity contribution in [2.24, 2.45) is 5.73 Å². The Bertz CT molecular complexity index is 253. The molecule has 0 aliphatic rings. The first-order valence-corrected chi connectivity index (χ1v) is 4.88. The SMILES string of the molecule is CC(C)n1cc[n+](C(C)C)c1CN.[Cl-]. The summed E-state index contributed by atoms with van der Waals surface area (Å²) in [6.07, 6.45) is 4.21. The predicted molar refractivity (Wildman–Crippen MR) is 53.3 cm³/mol. The number of hydrogen-bond acceptors (Lipinski definition) is 1. The van der Waals surface area contributed by atoms with Crippen LogP contribution in [0.1, 0.15) is 45.6 Å². The lowest BCUT2D eigenvalue weighted by atomic mass is 10.3. The molecule has 0 radical (unpaired) electrons. The summed E-state index contributed by atoms with van der Waals surface area (Å²) in [7, 11) is 0. The standard InChI is InChI=1S/C10H20N3.ClH/c1-8(2)12-5-6-13(9(3)4)10(12)7-11;/h5-6,8-9H,7,11H2,1-4H3;1H/q+1;/p-1. The van der Waals surface area contributed by atoms with Gasteiger partial charge in [0, 0.05) is 0 Å². The molecule has 1 heterocycles. The van der Waals surface area contributed by atoms with Crippen LogP contribution in [-0.4, -0.2) is 4.57 Å². The number of halogens is 1. The molecule has 0 bridgehead atoms. The van der Waals surface area contributed by atoms with Crippen LogP contribution in [0.5, 0.6) is 0 Å². The third-order valence-electron chi connectivity index (χ3n) is 2.28. The first-order chi connectivity index (χ1) is 6.07. The lowest BCUT2D eigenvalue weighted by Gasteiger charge is -2.07. The van der Waals surface area contributed by atoms with Crippen molar-refractivity contribution in [2.75, 3.05) is 0 Å². The van der Waals surface area contributed by atoms with E-state index in [2.05, 4.69) is 49.2 Å². The van der Waals surface area contributed by atoms with E-state index in [1.165, 1.54) is 5.82 Å². The fraction of sp³-hybridized carbons (Fsp3) is 0.700. The quantitative estimate of drug-likeness (QED) is 0.609. The highest BCUT2D eigenvalue weighted by atomic mass is 35.5. The number of aromatic nitrogens is 2. The molecular weight excluding hydrogens is 198 g/mol. The second-order valence-corrected chi connectivity index (χ2v) is 3.92. The number of rotatable bonds is 3. The second-order valence-electron chi connectivity index (χ2n) is 3.92. The van der Waals surface area contributed by atoms with E-state index >= 15 is 0 Å². The van der Waals surface area contributed by atoms with Crippen LogP contribution in [0.4, 0.5) is 0 Å². The zero-order valence-corrected chi connectivity index (χ0v) is 10.1. The van der Waals surface area contributed by atoms with Crippen molar-refractivity contribution >= 4 is 0 Å². The Morgan fingerprint density at radius 3 is 2.29 bits per heavy atom. The highest BCUT2D eigenvalue weighted by molar-refractivity contribution is 4.85. The van der Waals surface area contributed by atoms with Crippen LogP contribution in [0.3, 0.4) is 0 Å². The van der Waals surface area contributed by atoms with Gasteiger partial charge in [-0.25, -0.2) is 9.13 Å². The summed E-state index contributed by atoms with van der Waals surface area (Å²) >= 11 is 0. The van der Waals surface area contributed by atoms with Gasteiger partial charge in [-0.2, -0.15) is 0 Å². The fourth-order valence-corrected chi connectivity index (χ4v) is 1.60. The molecule has 0 saturated heterocycles. The maximum atomic E-state index is 5.73. The molecule has 0 aliphatic carbocycles. The number of hydrogen-bond donors (Lipinski definition) is 1. The summed E-state index contributed by atoms with van der Waals surface area (Å²) in [5.41, 5.74) is 5.73. The Kier molecular flexibility index (Phi) is 5.16.